The van der Waals surface area contributed by atoms with E-state index >= 15 is 0 Å². The normalized spacial score (nSPS) is 29.9. The number of ketones is 1. The summed E-state index contributed by atoms with van der Waals surface area (Å²) < 4.78 is 23.2. The number of carbonyl (C=O) groups excluding carboxylic acids is 2. The first-order chi connectivity index (χ1) is 15.2. The summed E-state index contributed by atoms with van der Waals surface area (Å²) in [5.41, 5.74) is 4.50. The van der Waals surface area contributed by atoms with Crippen molar-refractivity contribution in [2.24, 2.45) is 0 Å². The second kappa shape index (κ2) is 5.87. The van der Waals surface area contributed by atoms with Crippen LogP contribution in [-0.2, 0) is 24.7 Å². The highest BCUT2D eigenvalue weighted by Gasteiger charge is 2.60. The van der Waals surface area contributed by atoms with E-state index in [0.717, 1.165) is 16.9 Å². The van der Waals surface area contributed by atoms with E-state index in [-0.39, 0.29) is 18.5 Å². The third-order valence-corrected chi connectivity index (χ3v) is 6.51. The average molecular weight is 418 g/mol. The van der Waals surface area contributed by atoms with Crippen LogP contribution >= 0.6 is 0 Å². The maximum absolute atomic E-state index is 13.6. The Morgan fingerprint density at radius 1 is 1.00 bits per heavy atom. The van der Waals surface area contributed by atoms with E-state index in [2.05, 4.69) is 4.90 Å². The van der Waals surface area contributed by atoms with Crippen LogP contribution in [0.3, 0.4) is 0 Å². The molecule has 2 saturated heterocycles. The van der Waals surface area contributed by atoms with Crippen LogP contribution in [0.2, 0.25) is 0 Å². The summed E-state index contributed by atoms with van der Waals surface area (Å²) in [6, 6.07) is 15.5. The number of fused-ring (bicyclic) bond motifs is 5. The van der Waals surface area contributed by atoms with Gasteiger partial charge in [0.1, 0.15) is 24.1 Å². The number of Topliss-reactive ketones (excluding diaryl/α,β-unsaturated/α-hetero) is 1. The molecule has 8 heteroatoms. The van der Waals surface area contributed by atoms with Crippen LogP contribution < -0.4 is 9.80 Å². The number of carbonyl (C=O) groups is 2. The number of ether oxygens (including phenoxy) is 4. The van der Waals surface area contributed by atoms with E-state index in [4.69, 9.17) is 18.9 Å². The molecule has 7 rings (SSSR count). The Morgan fingerprint density at radius 2 is 1.81 bits per heavy atom. The molecule has 0 amide bonds. The Hall–Kier alpha value is -3.36. The van der Waals surface area contributed by atoms with Crippen LogP contribution in [0.5, 0.6) is 0 Å². The van der Waals surface area contributed by atoms with Gasteiger partial charge in [-0.3, -0.25) is 4.79 Å². The fourth-order valence-electron chi connectivity index (χ4n) is 5.31. The highest BCUT2D eigenvalue weighted by Crippen LogP contribution is 2.57. The molecule has 31 heavy (non-hydrogen) atoms. The van der Waals surface area contributed by atoms with Crippen LogP contribution in [0.15, 0.2) is 59.9 Å². The Kier molecular flexibility index (Phi) is 3.28. The molecule has 5 aliphatic rings. The molecule has 0 unspecified atom stereocenters. The molecule has 5 aliphatic heterocycles. The summed E-state index contributed by atoms with van der Waals surface area (Å²) in [7, 11) is 0. The second-order valence-electron chi connectivity index (χ2n) is 8.25. The highest BCUT2D eigenvalue weighted by atomic mass is 16.8. The maximum Gasteiger partial charge on any atom is 0.508 e. The summed E-state index contributed by atoms with van der Waals surface area (Å²) in [6.07, 6.45) is -1.33. The molecular formula is C23H18N2O6. The van der Waals surface area contributed by atoms with Crippen molar-refractivity contribution in [1.82, 2.24) is 0 Å². The lowest BCUT2D eigenvalue weighted by molar-refractivity contribution is -0.139. The summed E-state index contributed by atoms with van der Waals surface area (Å²) in [4.78, 5) is 29.2. The van der Waals surface area contributed by atoms with Crippen LogP contribution in [0.4, 0.5) is 16.2 Å². The number of rotatable bonds is 2. The average Bonchev–Trinajstić information content (AvgIpc) is 3.49. The molecule has 3 atom stereocenters. The zero-order chi connectivity index (χ0) is 20.7. The molecule has 0 saturated carbocycles. The van der Waals surface area contributed by atoms with Gasteiger partial charge in [0, 0.05) is 11.1 Å². The minimum Gasteiger partial charge on any atom is -0.430 e. The maximum atomic E-state index is 13.6. The number of hydrogen-bond donors (Lipinski definition) is 0. The lowest BCUT2D eigenvalue weighted by atomic mass is 10.0. The van der Waals surface area contributed by atoms with Crippen LogP contribution in [0.1, 0.15) is 15.9 Å². The standard InChI is InChI=1S/C23H18N2O6/c26-20-15-5-1-3-7-17(15)24-10-14-12-29-23(31-14)16-6-2-4-8-18(16)25(21(23)19(20)24)9-13-11-28-22(27)30-13/h1-8,13-14H,9-12H2/t13-,14-,23+/m0/s1. The smallest absolute Gasteiger partial charge is 0.430 e. The fourth-order valence-corrected chi connectivity index (χ4v) is 5.31. The van der Waals surface area contributed by atoms with Gasteiger partial charge in [0.05, 0.1) is 31.1 Å². The molecule has 0 radical (unpaired) electrons. The second-order valence-corrected chi connectivity index (χ2v) is 8.25. The van der Waals surface area contributed by atoms with Gasteiger partial charge < -0.3 is 28.7 Å². The molecule has 0 N–H and O–H groups in total. The number of cyclic esters (lactones) is 2. The van der Waals surface area contributed by atoms with E-state index in [9.17, 15) is 9.59 Å². The molecule has 0 aromatic heterocycles. The summed E-state index contributed by atoms with van der Waals surface area (Å²) in [6.45, 7) is 1.45. The molecule has 2 bridgehead atoms. The molecule has 1 spiro atoms. The SMILES string of the molecule is O=C1OC[C@H](CN2C3=C4C(=O)c5ccccc5N4C[C@H]4CO[C@@]3(O4)c3ccccc32)O1. The summed E-state index contributed by atoms with van der Waals surface area (Å²) in [5, 5.41) is 0. The number of hydrogen-bond acceptors (Lipinski definition) is 8. The molecule has 2 fully saturated rings. The Bertz CT molecular complexity index is 1190. The molecule has 2 aromatic rings. The van der Waals surface area contributed by atoms with Gasteiger partial charge in [0.25, 0.3) is 0 Å². The van der Waals surface area contributed by atoms with E-state index in [0.29, 0.717) is 36.7 Å². The van der Waals surface area contributed by atoms with Crippen molar-refractivity contribution < 1.29 is 28.5 Å². The number of allylic oxidation sites excluding steroid dienone is 1. The van der Waals surface area contributed by atoms with Crippen LogP contribution in [-0.4, -0.2) is 50.4 Å². The number of para-hydroxylation sites is 2. The first-order valence-electron chi connectivity index (χ1n) is 10.3. The van der Waals surface area contributed by atoms with Crippen molar-refractivity contribution in [2.45, 2.75) is 18.0 Å². The van der Waals surface area contributed by atoms with Gasteiger partial charge in [0.2, 0.25) is 11.6 Å². The van der Waals surface area contributed by atoms with E-state index < -0.39 is 18.0 Å². The van der Waals surface area contributed by atoms with Gasteiger partial charge >= 0.3 is 6.16 Å². The largest absolute Gasteiger partial charge is 0.508 e. The Labute approximate surface area is 177 Å². The number of benzene rings is 2. The number of anilines is 2. The fraction of sp³-hybridized carbons (Fsp3) is 0.304. The van der Waals surface area contributed by atoms with Gasteiger partial charge in [-0.15, -0.1) is 0 Å². The monoisotopic (exact) mass is 418 g/mol. The van der Waals surface area contributed by atoms with Gasteiger partial charge in [0.15, 0.2) is 6.10 Å². The molecule has 156 valence electrons. The van der Waals surface area contributed by atoms with Crippen molar-refractivity contribution in [2.75, 3.05) is 36.1 Å². The predicted octanol–water partition coefficient (Wildman–Crippen LogP) is 2.54. The first-order valence-corrected chi connectivity index (χ1v) is 10.3. The van der Waals surface area contributed by atoms with Gasteiger partial charge in [-0.1, -0.05) is 30.3 Å². The van der Waals surface area contributed by atoms with Crippen LogP contribution in [0, 0.1) is 0 Å². The summed E-state index contributed by atoms with van der Waals surface area (Å²) in [5.74, 6) is -1.21. The highest BCUT2D eigenvalue weighted by molar-refractivity contribution is 6.20. The Balaban J connectivity index is 1.47. The molecule has 5 heterocycles. The number of nitrogens with zero attached hydrogens (tertiary/aromatic N) is 2. The van der Waals surface area contributed by atoms with E-state index in [1.165, 1.54) is 0 Å². The Morgan fingerprint density at radius 3 is 2.65 bits per heavy atom. The lowest BCUT2D eigenvalue weighted by Gasteiger charge is -2.31. The minimum absolute atomic E-state index is 0.0535. The van der Waals surface area contributed by atoms with Crippen molar-refractivity contribution in [3.05, 3.63) is 71.1 Å². The lowest BCUT2D eigenvalue weighted by Crippen LogP contribution is -2.40. The molecule has 8 nitrogen and oxygen atoms in total. The van der Waals surface area contributed by atoms with Crippen molar-refractivity contribution >= 4 is 23.3 Å². The summed E-state index contributed by atoms with van der Waals surface area (Å²) >= 11 is 0. The van der Waals surface area contributed by atoms with E-state index in [1.54, 1.807) is 0 Å². The third kappa shape index (κ3) is 2.15. The topological polar surface area (TPSA) is 77.5 Å². The van der Waals surface area contributed by atoms with Gasteiger partial charge in [-0.05, 0) is 18.2 Å². The minimum atomic E-state index is -1.16. The molecule has 2 aromatic carbocycles. The zero-order valence-electron chi connectivity index (χ0n) is 16.4. The van der Waals surface area contributed by atoms with Crippen LogP contribution in [0.25, 0.3) is 0 Å². The molecule has 0 aliphatic carbocycles. The van der Waals surface area contributed by atoms with Crippen molar-refractivity contribution in [1.29, 1.82) is 0 Å². The van der Waals surface area contributed by atoms with Crippen molar-refractivity contribution in [3.63, 3.8) is 0 Å². The van der Waals surface area contributed by atoms with Gasteiger partial charge in [-0.2, -0.15) is 0 Å². The van der Waals surface area contributed by atoms with E-state index in [1.807, 2.05) is 53.4 Å². The quantitative estimate of drug-likeness (QED) is 0.689. The zero-order valence-corrected chi connectivity index (χ0v) is 16.4. The first kappa shape index (κ1) is 17.3. The van der Waals surface area contributed by atoms with Crippen molar-refractivity contribution in [3.8, 4) is 0 Å². The van der Waals surface area contributed by atoms with Gasteiger partial charge in [-0.25, -0.2) is 4.79 Å². The predicted molar refractivity (Wildman–Crippen MR) is 108 cm³/mol. The third-order valence-electron chi connectivity index (χ3n) is 6.51. The molecular weight excluding hydrogens is 400 g/mol.